The number of halogens is 1. The van der Waals surface area contributed by atoms with Crippen LogP contribution >= 0.6 is 12.4 Å². The second kappa shape index (κ2) is 9.59. The first kappa shape index (κ1) is 17.7. The van der Waals surface area contributed by atoms with Crippen LogP contribution in [0.15, 0.2) is 0 Å². The van der Waals surface area contributed by atoms with Crippen LogP contribution in [0.5, 0.6) is 0 Å². The van der Waals surface area contributed by atoms with Crippen molar-refractivity contribution < 1.29 is 9.53 Å². The Morgan fingerprint density at radius 1 is 1.33 bits per heavy atom. The van der Waals surface area contributed by atoms with Crippen molar-refractivity contribution in [2.45, 2.75) is 58.1 Å². The molecule has 5 heteroatoms. The maximum Gasteiger partial charge on any atom is 0.224 e. The lowest BCUT2D eigenvalue weighted by molar-refractivity contribution is -0.125. The summed E-state index contributed by atoms with van der Waals surface area (Å²) < 4.78 is 5.73. The normalized spacial score (nSPS) is 19.7. The van der Waals surface area contributed by atoms with Gasteiger partial charge in [-0.2, -0.15) is 0 Å². The average Bonchev–Trinajstić information content (AvgIpc) is 2.34. The van der Waals surface area contributed by atoms with Crippen molar-refractivity contribution in [3.05, 3.63) is 0 Å². The van der Waals surface area contributed by atoms with E-state index in [-0.39, 0.29) is 30.3 Å². The average molecular weight is 279 g/mol. The Balaban J connectivity index is 0.00000289. The summed E-state index contributed by atoms with van der Waals surface area (Å²) in [7, 11) is 0. The van der Waals surface area contributed by atoms with Gasteiger partial charge in [-0.1, -0.05) is 26.2 Å². The zero-order chi connectivity index (χ0) is 12.7. The highest BCUT2D eigenvalue weighted by Gasteiger charge is 2.17. The third-order valence-electron chi connectivity index (χ3n) is 3.51. The molecule has 1 aliphatic rings. The molecule has 4 nitrogen and oxygen atoms in total. The standard InChI is InChI=1S/C13H26N2O2.ClH/c1-10(11(2)14)13(16)15-8-9-17-12-6-4-3-5-7-12;/h10-12H,3-9,14H2,1-2H3,(H,15,16);1H. The maximum atomic E-state index is 11.6. The van der Waals surface area contributed by atoms with Crippen molar-refractivity contribution in [2.24, 2.45) is 11.7 Å². The number of nitrogens with two attached hydrogens (primary N) is 1. The highest BCUT2D eigenvalue weighted by molar-refractivity contribution is 5.85. The number of rotatable bonds is 6. The van der Waals surface area contributed by atoms with Gasteiger partial charge >= 0.3 is 0 Å². The maximum absolute atomic E-state index is 11.6. The van der Waals surface area contributed by atoms with Gasteiger partial charge in [0.2, 0.25) is 5.91 Å². The number of carbonyl (C=O) groups is 1. The third kappa shape index (κ3) is 6.57. The van der Waals surface area contributed by atoms with Crippen LogP contribution in [0.1, 0.15) is 46.0 Å². The molecule has 1 saturated carbocycles. The zero-order valence-electron chi connectivity index (χ0n) is 11.5. The number of hydrogen-bond acceptors (Lipinski definition) is 3. The molecule has 1 amide bonds. The fraction of sp³-hybridized carbons (Fsp3) is 0.923. The number of nitrogens with one attached hydrogen (secondary N) is 1. The Bertz CT molecular complexity index is 231. The van der Waals surface area contributed by atoms with Gasteiger partial charge in [-0.3, -0.25) is 4.79 Å². The van der Waals surface area contributed by atoms with Gasteiger partial charge in [-0.05, 0) is 19.8 Å². The predicted octanol–water partition coefficient (Wildman–Crippen LogP) is 1.86. The van der Waals surface area contributed by atoms with E-state index in [4.69, 9.17) is 10.5 Å². The van der Waals surface area contributed by atoms with Gasteiger partial charge < -0.3 is 15.8 Å². The van der Waals surface area contributed by atoms with E-state index in [1.807, 2.05) is 13.8 Å². The molecule has 2 unspecified atom stereocenters. The van der Waals surface area contributed by atoms with Crippen molar-refractivity contribution in [3.63, 3.8) is 0 Å². The zero-order valence-corrected chi connectivity index (χ0v) is 12.3. The Kier molecular flexibility index (Phi) is 9.42. The highest BCUT2D eigenvalue weighted by atomic mass is 35.5. The van der Waals surface area contributed by atoms with Crippen LogP contribution < -0.4 is 11.1 Å². The van der Waals surface area contributed by atoms with E-state index < -0.39 is 0 Å². The summed E-state index contributed by atoms with van der Waals surface area (Å²) in [4.78, 5) is 11.6. The molecule has 0 radical (unpaired) electrons. The molecule has 1 fully saturated rings. The van der Waals surface area contributed by atoms with Gasteiger partial charge in [0, 0.05) is 18.5 Å². The van der Waals surface area contributed by atoms with Gasteiger partial charge in [0.05, 0.1) is 12.7 Å². The van der Waals surface area contributed by atoms with Crippen LogP contribution in [0.25, 0.3) is 0 Å². The van der Waals surface area contributed by atoms with Crippen LogP contribution in [0.3, 0.4) is 0 Å². The Morgan fingerprint density at radius 3 is 2.50 bits per heavy atom. The molecule has 0 aromatic rings. The first-order valence-electron chi connectivity index (χ1n) is 6.76. The third-order valence-corrected chi connectivity index (χ3v) is 3.51. The first-order chi connectivity index (χ1) is 8.11. The van der Waals surface area contributed by atoms with Crippen LogP contribution in [0, 0.1) is 5.92 Å². The molecule has 3 N–H and O–H groups in total. The molecule has 0 aliphatic heterocycles. The lowest BCUT2D eigenvalue weighted by Crippen LogP contribution is -2.40. The van der Waals surface area contributed by atoms with E-state index in [0.29, 0.717) is 19.3 Å². The quantitative estimate of drug-likeness (QED) is 0.729. The minimum Gasteiger partial charge on any atom is -0.376 e. The number of ether oxygens (including phenoxy) is 1. The van der Waals surface area contributed by atoms with Crippen molar-refractivity contribution in [2.75, 3.05) is 13.2 Å². The minimum atomic E-state index is -0.135. The molecule has 0 bridgehead atoms. The summed E-state index contributed by atoms with van der Waals surface area (Å²) in [5, 5.41) is 2.86. The fourth-order valence-corrected chi connectivity index (χ4v) is 2.03. The minimum absolute atomic E-state index is 0. The van der Waals surface area contributed by atoms with E-state index >= 15 is 0 Å². The summed E-state index contributed by atoms with van der Waals surface area (Å²) in [6.07, 6.45) is 6.64. The second-order valence-corrected chi connectivity index (χ2v) is 5.07. The lowest BCUT2D eigenvalue weighted by Gasteiger charge is -2.22. The van der Waals surface area contributed by atoms with Crippen LogP contribution in [0.4, 0.5) is 0 Å². The molecular formula is C13H27ClN2O2. The predicted molar refractivity (Wildman–Crippen MR) is 75.9 cm³/mol. The number of carbonyl (C=O) groups excluding carboxylic acids is 1. The molecule has 0 aromatic heterocycles. The van der Waals surface area contributed by atoms with Gasteiger partial charge in [-0.25, -0.2) is 0 Å². The monoisotopic (exact) mass is 278 g/mol. The summed E-state index contributed by atoms with van der Waals surface area (Å²) in [5.74, 6) is -0.114. The summed E-state index contributed by atoms with van der Waals surface area (Å²) in [6, 6.07) is -0.103. The van der Waals surface area contributed by atoms with Gasteiger partial charge in [-0.15, -0.1) is 12.4 Å². The largest absolute Gasteiger partial charge is 0.376 e. The van der Waals surface area contributed by atoms with E-state index in [1.54, 1.807) is 0 Å². The fourth-order valence-electron chi connectivity index (χ4n) is 2.03. The van der Waals surface area contributed by atoms with Crippen molar-refractivity contribution in [1.29, 1.82) is 0 Å². The van der Waals surface area contributed by atoms with E-state index in [0.717, 1.165) is 0 Å². The van der Waals surface area contributed by atoms with Gasteiger partial charge in [0.25, 0.3) is 0 Å². The molecule has 2 atom stereocenters. The smallest absolute Gasteiger partial charge is 0.224 e. The summed E-state index contributed by atoms with van der Waals surface area (Å²) in [6.45, 7) is 4.90. The molecule has 108 valence electrons. The van der Waals surface area contributed by atoms with Crippen molar-refractivity contribution >= 4 is 18.3 Å². The summed E-state index contributed by atoms with van der Waals surface area (Å²) in [5.41, 5.74) is 5.67. The van der Waals surface area contributed by atoms with Crippen molar-refractivity contribution in [1.82, 2.24) is 5.32 Å². The molecule has 0 saturated heterocycles. The van der Waals surface area contributed by atoms with Crippen LogP contribution in [-0.2, 0) is 9.53 Å². The Hall–Kier alpha value is -0.320. The first-order valence-corrected chi connectivity index (χ1v) is 6.76. The second-order valence-electron chi connectivity index (χ2n) is 5.07. The Labute approximate surface area is 116 Å². The lowest BCUT2D eigenvalue weighted by atomic mass is 9.98. The molecular weight excluding hydrogens is 252 g/mol. The van der Waals surface area contributed by atoms with Crippen molar-refractivity contribution in [3.8, 4) is 0 Å². The van der Waals surface area contributed by atoms with Crippen LogP contribution in [0.2, 0.25) is 0 Å². The van der Waals surface area contributed by atoms with Gasteiger partial charge in [0.15, 0.2) is 0 Å². The molecule has 0 spiro atoms. The van der Waals surface area contributed by atoms with E-state index in [2.05, 4.69) is 5.32 Å². The summed E-state index contributed by atoms with van der Waals surface area (Å²) >= 11 is 0. The molecule has 0 aromatic carbocycles. The Morgan fingerprint density at radius 2 is 1.94 bits per heavy atom. The molecule has 0 heterocycles. The SMILES string of the molecule is CC(N)C(C)C(=O)NCCOC1CCCCC1.Cl. The topological polar surface area (TPSA) is 64.4 Å². The van der Waals surface area contributed by atoms with E-state index in [9.17, 15) is 4.79 Å². The molecule has 1 rings (SSSR count). The molecule has 18 heavy (non-hydrogen) atoms. The van der Waals surface area contributed by atoms with E-state index in [1.165, 1.54) is 32.1 Å². The van der Waals surface area contributed by atoms with Crippen LogP contribution in [-0.4, -0.2) is 31.2 Å². The number of hydrogen-bond donors (Lipinski definition) is 2. The highest BCUT2D eigenvalue weighted by Crippen LogP contribution is 2.19. The van der Waals surface area contributed by atoms with Gasteiger partial charge in [0.1, 0.15) is 0 Å². The molecule has 1 aliphatic carbocycles. The number of amides is 1.